The Morgan fingerprint density at radius 1 is 1.26 bits per heavy atom. The van der Waals surface area contributed by atoms with Crippen LogP contribution >= 0.6 is 0 Å². The number of amides is 1. The van der Waals surface area contributed by atoms with Gasteiger partial charge in [0.25, 0.3) is 0 Å². The number of hydrogen-bond donors (Lipinski definition) is 0. The van der Waals surface area contributed by atoms with Gasteiger partial charge >= 0.3 is 6.09 Å². The molecule has 0 spiro atoms. The van der Waals surface area contributed by atoms with Crippen LogP contribution in [0.4, 0.5) is 4.79 Å². The summed E-state index contributed by atoms with van der Waals surface area (Å²) in [5.74, 6) is 0. The largest absolute Gasteiger partial charge is 0.445 e. The minimum atomic E-state index is -0.227. The van der Waals surface area contributed by atoms with E-state index in [1.165, 1.54) is 5.56 Å². The molecule has 0 N–H and O–H groups in total. The van der Waals surface area contributed by atoms with Crippen molar-refractivity contribution in [2.45, 2.75) is 38.8 Å². The molecular formula is C19H22N2O2. The van der Waals surface area contributed by atoms with E-state index in [2.05, 4.69) is 4.98 Å². The van der Waals surface area contributed by atoms with Gasteiger partial charge in [0.1, 0.15) is 6.61 Å². The highest BCUT2D eigenvalue weighted by molar-refractivity contribution is 5.68. The lowest BCUT2D eigenvalue weighted by molar-refractivity contribution is 0.0677. The maximum atomic E-state index is 12.6. The summed E-state index contributed by atoms with van der Waals surface area (Å²) in [6.07, 6.45) is 6.57. The zero-order valence-electron chi connectivity index (χ0n) is 13.4. The Bertz CT molecular complexity index is 657. The summed E-state index contributed by atoms with van der Waals surface area (Å²) in [4.78, 5) is 18.6. The van der Waals surface area contributed by atoms with Gasteiger partial charge in [0.05, 0.1) is 6.04 Å². The van der Waals surface area contributed by atoms with Crippen molar-refractivity contribution >= 4 is 6.09 Å². The van der Waals surface area contributed by atoms with Crippen molar-refractivity contribution in [2.24, 2.45) is 0 Å². The van der Waals surface area contributed by atoms with Crippen molar-refractivity contribution in [1.29, 1.82) is 0 Å². The molecule has 1 atom stereocenters. The van der Waals surface area contributed by atoms with E-state index in [1.54, 1.807) is 6.20 Å². The minimum absolute atomic E-state index is 0.0926. The number of likely N-dealkylation sites (tertiary alicyclic amines) is 1. The first kappa shape index (κ1) is 15.5. The molecule has 3 rings (SSSR count). The summed E-state index contributed by atoms with van der Waals surface area (Å²) in [6.45, 7) is 3.11. The Balaban J connectivity index is 1.71. The number of rotatable bonds is 3. The highest BCUT2D eigenvalue weighted by Gasteiger charge is 2.29. The van der Waals surface area contributed by atoms with E-state index in [1.807, 2.05) is 54.4 Å². The first-order chi connectivity index (χ1) is 11.3. The monoisotopic (exact) mass is 310 g/mol. The highest BCUT2D eigenvalue weighted by atomic mass is 16.6. The molecule has 0 bridgehead atoms. The molecule has 23 heavy (non-hydrogen) atoms. The molecule has 0 unspecified atom stereocenters. The fraction of sp³-hybridized carbons (Fsp3) is 0.368. The summed E-state index contributed by atoms with van der Waals surface area (Å²) in [7, 11) is 0. The summed E-state index contributed by atoms with van der Waals surface area (Å²) >= 11 is 0. The lowest BCUT2D eigenvalue weighted by Gasteiger charge is -2.35. The van der Waals surface area contributed by atoms with Gasteiger partial charge in [0.2, 0.25) is 0 Å². The average molecular weight is 310 g/mol. The molecule has 0 aliphatic carbocycles. The minimum Gasteiger partial charge on any atom is -0.445 e. The number of aryl methyl sites for hydroxylation is 1. The maximum absolute atomic E-state index is 12.6. The first-order valence-electron chi connectivity index (χ1n) is 8.13. The quantitative estimate of drug-likeness (QED) is 0.851. The van der Waals surface area contributed by atoms with Gasteiger partial charge < -0.3 is 9.64 Å². The molecular weight excluding hydrogens is 288 g/mol. The SMILES string of the molecule is Cc1cnccc1[C@H]1CCCCN1C(=O)OCc1ccccc1. The molecule has 1 aliphatic rings. The number of nitrogens with zero attached hydrogens (tertiary/aromatic N) is 2. The lowest BCUT2D eigenvalue weighted by Crippen LogP contribution is -2.39. The molecule has 0 saturated carbocycles. The predicted molar refractivity (Wildman–Crippen MR) is 88.9 cm³/mol. The Morgan fingerprint density at radius 3 is 2.87 bits per heavy atom. The zero-order chi connectivity index (χ0) is 16.1. The molecule has 1 aromatic heterocycles. The number of benzene rings is 1. The Kier molecular flexibility index (Phi) is 4.91. The van der Waals surface area contributed by atoms with Gasteiger partial charge in [-0.05, 0) is 48.9 Å². The van der Waals surface area contributed by atoms with Gasteiger partial charge in [-0.25, -0.2) is 4.79 Å². The van der Waals surface area contributed by atoms with E-state index in [9.17, 15) is 4.79 Å². The molecule has 1 amide bonds. The molecule has 4 nitrogen and oxygen atoms in total. The molecule has 120 valence electrons. The summed E-state index contributed by atoms with van der Waals surface area (Å²) in [6, 6.07) is 11.9. The van der Waals surface area contributed by atoms with Crippen LogP contribution in [0.25, 0.3) is 0 Å². The Hall–Kier alpha value is -2.36. The standard InChI is InChI=1S/C19H22N2O2/c1-15-13-20-11-10-17(15)18-9-5-6-12-21(18)19(22)23-14-16-7-3-2-4-8-16/h2-4,7-8,10-11,13,18H,5-6,9,12,14H2,1H3/t18-/m1/s1. The second-order valence-corrected chi connectivity index (χ2v) is 5.98. The number of aromatic nitrogens is 1. The summed E-state index contributed by atoms with van der Waals surface area (Å²) in [5, 5.41) is 0. The van der Waals surface area contributed by atoms with E-state index in [4.69, 9.17) is 4.74 Å². The first-order valence-corrected chi connectivity index (χ1v) is 8.13. The number of piperidine rings is 1. The normalized spacial score (nSPS) is 17.8. The smallest absolute Gasteiger partial charge is 0.410 e. The fourth-order valence-corrected chi connectivity index (χ4v) is 3.13. The third-order valence-electron chi connectivity index (χ3n) is 4.37. The lowest BCUT2D eigenvalue weighted by atomic mass is 9.94. The van der Waals surface area contributed by atoms with E-state index < -0.39 is 0 Å². The number of hydrogen-bond acceptors (Lipinski definition) is 3. The van der Waals surface area contributed by atoms with Gasteiger partial charge in [-0.15, -0.1) is 0 Å². The third-order valence-corrected chi connectivity index (χ3v) is 4.37. The van der Waals surface area contributed by atoms with Gasteiger partial charge in [-0.1, -0.05) is 30.3 Å². The van der Waals surface area contributed by atoms with Crippen molar-refractivity contribution in [3.05, 3.63) is 65.5 Å². The molecule has 2 heterocycles. The molecule has 1 aliphatic heterocycles. The molecule has 2 aromatic rings. The van der Waals surface area contributed by atoms with Crippen LogP contribution in [0.2, 0.25) is 0 Å². The summed E-state index contributed by atoms with van der Waals surface area (Å²) in [5.41, 5.74) is 3.31. The Morgan fingerprint density at radius 2 is 2.09 bits per heavy atom. The maximum Gasteiger partial charge on any atom is 0.410 e. The second kappa shape index (κ2) is 7.27. The van der Waals surface area contributed by atoms with Crippen molar-refractivity contribution in [2.75, 3.05) is 6.54 Å². The average Bonchev–Trinajstić information content (AvgIpc) is 2.61. The number of ether oxygens (including phenoxy) is 1. The summed E-state index contributed by atoms with van der Waals surface area (Å²) < 4.78 is 5.53. The molecule has 0 radical (unpaired) electrons. The highest BCUT2D eigenvalue weighted by Crippen LogP contribution is 2.32. The van der Waals surface area contributed by atoms with Crippen LogP contribution in [0.1, 0.15) is 42.0 Å². The fourth-order valence-electron chi connectivity index (χ4n) is 3.13. The van der Waals surface area contributed by atoms with Crippen LogP contribution in [0.5, 0.6) is 0 Å². The van der Waals surface area contributed by atoms with Crippen molar-refractivity contribution < 1.29 is 9.53 Å². The van der Waals surface area contributed by atoms with Crippen LogP contribution in [0, 0.1) is 6.92 Å². The van der Waals surface area contributed by atoms with E-state index in [0.29, 0.717) is 6.61 Å². The Labute approximate surface area is 137 Å². The number of carbonyl (C=O) groups is 1. The van der Waals surface area contributed by atoms with Crippen LogP contribution in [0.15, 0.2) is 48.8 Å². The van der Waals surface area contributed by atoms with Crippen LogP contribution in [-0.4, -0.2) is 22.5 Å². The topological polar surface area (TPSA) is 42.4 Å². The number of carbonyl (C=O) groups excluding carboxylic acids is 1. The van der Waals surface area contributed by atoms with E-state index >= 15 is 0 Å². The van der Waals surface area contributed by atoms with Crippen LogP contribution in [-0.2, 0) is 11.3 Å². The van der Waals surface area contributed by atoms with E-state index in [-0.39, 0.29) is 12.1 Å². The van der Waals surface area contributed by atoms with Gasteiger partial charge in [0, 0.05) is 18.9 Å². The van der Waals surface area contributed by atoms with Gasteiger partial charge in [0.15, 0.2) is 0 Å². The third kappa shape index (κ3) is 3.70. The number of pyridine rings is 1. The predicted octanol–water partition coefficient (Wildman–Crippen LogP) is 4.25. The van der Waals surface area contributed by atoms with Crippen molar-refractivity contribution in [1.82, 2.24) is 9.88 Å². The van der Waals surface area contributed by atoms with Crippen molar-refractivity contribution in [3.8, 4) is 0 Å². The van der Waals surface area contributed by atoms with Crippen LogP contribution < -0.4 is 0 Å². The van der Waals surface area contributed by atoms with Gasteiger partial charge in [-0.2, -0.15) is 0 Å². The molecule has 1 saturated heterocycles. The van der Waals surface area contributed by atoms with Crippen LogP contribution in [0.3, 0.4) is 0 Å². The molecule has 1 aromatic carbocycles. The van der Waals surface area contributed by atoms with Gasteiger partial charge in [-0.3, -0.25) is 4.98 Å². The molecule has 1 fully saturated rings. The second-order valence-electron chi connectivity index (χ2n) is 5.98. The van der Waals surface area contributed by atoms with Crippen molar-refractivity contribution in [3.63, 3.8) is 0 Å². The molecule has 4 heteroatoms. The zero-order valence-corrected chi connectivity index (χ0v) is 13.4. The van der Waals surface area contributed by atoms with E-state index in [0.717, 1.165) is 36.9 Å².